The van der Waals surface area contributed by atoms with Crippen LogP contribution in [0.3, 0.4) is 0 Å². The minimum absolute atomic E-state index is 0.186. The minimum Gasteiger partial charge on any atom is -0.496 e. The first kappa shape index (κ1) is 26.7. The van der Waals surface area contributed by atoms with Crippen LogP contribution in [-0.4, -0.2) is 44.3 Å². The first-order chi connectivity index (χ1) is 17.2. The highest BCUT2D eigenvalue weighted by Gasteiger charge is 2.20. The maximum atomic E-state index is 12.9. The fourth-order valence-electron chi connectivity index (χ4n) is 4.33. The summed E-state index contributed by atoms with van der Waals surface area (Å²) in [6.45, 7) is 3.69. The van der Waals surface area contributed by atoms with Crippen LogP contribution < -0.4 is 15.8 Å². The van der Waals surface area contributed by atoms with E-state index >= 15 is 0 Å². The number of carbonyl (C=O) groups excluding carboxylic acids is 3. The summed E-state index contributed by atoms with van der Waals surface area (Å²) in [5.74, 6) is -0.367. The van der Waals surface area contributed by atoms with Crippen molar-refractivity contribution in [3.8, 4) is 5.75 Å². The number of benzene rings is 2. The number of nitrogens with zero attached hydrogens (tertiary/aromatic N) is 1. The van der Waals surface area contributed by atoms with E-state index in [0.29, 0.717) is 57.4 Å². The van der Waals surface area contributed by atoms with Gasteiger partial charge in [0.25, 0.3) is 5.91 Å². The number of nitrogens with two attached hydrogens (primary N) is 1. The summed E-state index contributed by atoms with van der Waals surface area (Å²) >= 11 is 0. The number of anilines is 1. The van der Waals surface area contributed by atoms with Crippen molar-refractivity contribution in [1.29, 1.82) is 0 Å². The van der Waals surface area contributed by atoms with Crippen molar-refractivity contribution in [1.82, 2.24) is 5.32 Å². The Morgan fingerprint density at radius 1 is 1.08 bits per heavy atom. The maximum absolute atomic E-state index is 12.9. The average Bonchev–Trinajstić information content (AvgIpc) is 3.40. The molecule has 0 heterocycles. The summed E-state index contributed by atoms with van der Waals surface area (Å²) in [6.07, 6.45) is 4.82. The number of amides is 1. The van der Waals surface area contributed by atoms with Gasteiger partial charge >= 0.3 is 11.9 Å². The molecule has 1 saturated carbocycles. The van der Waals surface area contributed by atoms with Gasteiger partial charge in [0.15, 0.2) is 0 Å². The van der Waals surface area contributed by atoms with Crippen LogP contribution in [0.25, 0.3) is 0 Å². The van der Waals surface area contributed by atoms with Crippen LogP contribution in [-0.2, 0) is 20.8 Å². The first-order valence-corrected chi connectivity index (χ1v) is 11.9. The van der Waals surface area contributed by atoms with Crippen LogP contribution >= 0.6 is 0 Å². The molecule has 1 fully saturated rings. The van der Waals surface area contributed by atoms with Crippen molar-refractivity contribution in [2.45, 2.75) is 46.0 Å². The van der Waals surface area contributed by atoms with Gasteiger partial charge in [-0.2, -0.15) is 0 Å². The zero-order valence-corrected chi connectivity index (χ0v) is 21.2. The third kappa shape index (κ3) is 6.62. The molecule has 0 saturated heterocycles. The number of esters is 1. The molecule has 1 amide bonds. The molecular formula is C27H33N3O6. The van der Waals surface area contributed by atoms with Crippen molar-refractivity contribution < 1.29 is 28.7 Å². The Balaban J connectivity index is 1.96. The molecule has 0 spiro atoms. The number of oxime groups is 1. The van der Waals surface area contributed by atoms with Crippen LogP contribution in [0.4, 0.5) is 5.69 Å². The van der Waals surface area contributed by atoms with E-state index in [1.54, 1.807) is 30.3 Å². The molecule has 0 bridgehead atoms. The Morgan fingerprint density at radius 2 is 1.81 bits per heavy atom. The molecule has 2 aromatic rings. The summed E-state index contributed by atoms with van der Waals surface area (Å²) in [5, 5.41) is 7.09. The van der Waals surface area contributed by atoms with Crippen molar-refractivity contribution >= 4 is 29.2 Å². The van der Waals surface area contributed by atoms with Crippen molar-refractivity contribution in [2.24, 2.45) is 11.1 Å². The summed E-state index contributed by atoms with van der Waals surface area (Å²) in [5.41, 5.74) is 9.75. The molecule has 3 N–H and O–H groups in total. The number of hydrogen-bond donors (Lipinski definition) is 2. The standard InChI is InChI=1S/C27H33N3O6/c1-16-22(11-21(12-23(16)28)26(32)29-15-18-7-5-6-8-18)24(30-36-17(2)31)13-19-9-10-20(27(33)35-4)14-25(19)34-3/h9-12,14,18H,5-8,13,15,28H2,1-4H3,(H,29,32). The second kappa shape index (κ2) is 12.2. The highest BCUT2D eigenvalue weighted by atomic mass is 16.7. The van der Waals surface area contributed by atoms with E-state index in [-0.39, 0.29) is 12.3 Å². The number of hydrogen-bond acceptors (Lipinski definition) is 8. The third-order valence-corrected chi connectivity index (χ3v) is 6.40. The largest absolute Gasteiger partial charge is 0.496 e. The molecule has 0 atom stereocenters. The maximum Gasteiger partial charge on any atom is 0.337 e. The van der Waals surface area contributed by atoms with Crippen LogP contribution in [0.5, 0.6) is 5.75 Å². The number of nitrogen functional groups attached to an aromatic ring is 1. The smallest absolute Gasteiger partial charge is 0.337 e. The molecule has 0 radical (unpaired) electrons. The fraction of sp³-hybridized carbons (Fsp3) is 0.407. The zero-order valence-electron chi connectivity index (χ0n) is 21.2. The van der Waals surface area contributed by atoms with E-state index in [4.69, 9.17) is 20.0 Å². The van der Waals surface area contributed by atoms with Gasteiger partial charge in [0.05, 0.1) is 25.5 Å². The predicted molar refractivity (Wildman–Crippen MR) is 136 cm³/mol. The van der Waals surface area contributed by atoms with Crippen molar-refractivity contribution in [3.63, 3.8) is 0 Å². The van der Waals surface area contributed by atoms with Gasteiger partial charge in [-0.15, -0.1) is 0 Å². The zero-order chi connectivity index (χ0) is 26.2. The summed E-state index contributed by atoms with van der Waals surface area (Å²) in [7, 11) is 2.79. The van der Waals surface area contributed by atoms with Crippen molar-refractivity contribution in [2.75, 3.05) is 26.5 Å². The molecule has 1 aliphatic rings. The van der Waals surface area contributed by atoms with Gasteiger partial charge in [-0.05, 0) is 55.5 Å². The highest BCUT2D eigenvalue weighted by Crippen LogP contribution is 2.27. The van der Waals surface area contributed by atoms with Gasteiger partial charge in [-0.1, -0.05) is 24.1 Å². The molecule has 9 heteroatoms. The Kier molecular flexibility index (Phi) is 9.05. The lowest BCUT2D eigenvalue weighted by Gasteiger charge is -2.16. The summed E-state index contributed by atoms with van der Waals surface area (Å²) in [4.78, 5) is 41.4. The molecule has 0 unspecified atom stereocenters. The second-order valence-electron chi connectivity index (χ2n) is 8.91. The van der Waals surface area contributed by atoms with Gasteiger partial charge in [0.1, 0.15) is 5.75 Å². The molecule has 0 aromatic heterocycles. The van der Waals surface area contributed by atoms with E-state index in [2.05, 4.69) is 10.5 Å². The molecule has 36 heavy (non-hydrogen) atoms. The Bertz CT molecular complexity index is 1170. The monoisotopic (exact) mass is 495 g/mol. The number of ether oxygens (including phenoxy) is 2. The number of methoxy groups -OCH3 is 2. The van der Waals surface area contributed by atoms with Gasteiger partial charge in [0.2, 0.25) is 0 Å². The lowest BCUT2D eigenvalue weighted by atomic mass is 9.94. The Morgan fingerprint density at radius 3 is 2.44 bits per heavy atom. The van der Waals surface area contributed by atoms with Crippen LogP contribution in [0.2, 0.25) is 0 Å². The molecular weight excluding hydrogens is 462 g/mol. The van der Waals surface area contributed by atoms with E-state index in [0.717, 1.165) is 12.8 Å². The normalized spacial score (nSPS) is 13.8. The Hall–Kier alpha value is -3.88. The number of rotatable bonds is 9. The predicted octanol–water partition coefficient (Wildman–Crippen LogP) is 3.80. The molecule has 0 aliphatic heterocycles. The summed E-state index contributed by atoms with van der Waals surface area (Å²) < 4.78 is 10.3. The number of nitrogens with one attached hydrogen (secondary N) is 1. The molecule has 2 aromatic carbocycles. The molecule has 1 aliphatic carbocycles. The minimum atomic E-state index is -0.586. The van der Waals surface area contributed by atoms with E-state index in [1.165, 1.54) is 34.0 Å². The van der Waals surface area contributed by atoms with Crippen molar-refractivity contribution in [3.05, 3.63) is 58.1 Å². The van der Waals surface area contributed by atoms with Crippen LogP contribution in [0, 0.1) is 12.8 Å². The third-order valence-electron chi connectivity index (χ3n) is 6.40. The quantitative estimate of drug-likeness (QED) is 0.178. The van der Waals surface area contributed by atoms with Gasteiger partial charge < -0.3 is 25.4 Å². The van der Waals surface area contributed by atoms with E-state index in [1.807, 2.05) is 6.92 Å². The topological polar surface area (TPSA) is 129 Å². The van der Waals surface area contributed by atoms with E-state index < -0.39 is 11.9 Å². The first-order valence-electron chi connectivity index (χ1n) is 11.9. The molecule has 9 nitrogen and oxygen atoms in total. The van der Waals surface area contributed by atoms with Gasteiger partial charge in [-0.3, -0.25) is 4.79 Å². The number of carbonyl (C=O) groups is 3. The summed E-state index contributed by atoms with van der Waals surface area (Å²) in [6, 6.07) is 8.23. The lowest BCUT2D eigenvalue weighted by Crippen LogP contribution is -2.28. The second-order valence-corrected chi connectivity index (χ2v) is 8.91. The van der Waals surface area contributed by atoms with Gasteiger partial charge in [0, 0.05) is 42.3 Å². The SMILES string of the molecule is COC(=O)c1ccc(CC(=NOC(C)=O)c2cc(C(=O)NCC3CCCC3)cc(N)c2C)c(OC)c1. The lowest BCUT2D eigenvalue weighted by molar-refractivity contribution is -0.140. The van der Waals surface area contributed by atoms with Gasteiger partial charge in [-0.25, -0.2) is 9.59 Å². The average molecular weight is 496 g/mol. The highest BCUT2D eigenvalue weighted by molar-refractivity contribution is 6.07. The molecule has 3 rings (SSSR count). The van der Waals surface area contributed by atoms with E-state index in [9.17, 15) is 14.4 Å². The Labute approximate surface area is 211 Å². The fourth-order valence-corrected chi connectivity index (χ4v) is 4.33. The van der Waals surface area contributed by atoms with Crippen LogP contribution in [0.15, 0.2) is 35.5 Å². The van der Waals surface area contributed by atoms with Crippen LogP contribution in [0.1, 0.15) is 70.0 Å². The molecule has 192 valence electrons.